The van der Waals surface area contributed by atoms with E-state index in [1.807, 2.05) is 0 Å². The molecule has 1 heterocycles. The van der Waals surface area contributed by atoms with Crippen LogP contribution in [-0.2, 0) is 4.74 Å². The van der Waals surface area contributed by atoms with Gasteiger partial charge in [-0.1, -0.05) is 0 Å². The monoisotopic (exact) mass is 262 g/mol. The number of hydrogen-bond acceptors (Lipinski definition) is 6. The highest BCUT2D eigenvalue weighted by Crippen LogP contribution is 2.38. The minimum atomic E-state index is -1.40. The van der Waals surface area contributed by atoms with Crippen molar-refractivity contribution in [1.29, 1.82) is 0 Å². The van der Waals surface area contributed by atoms with Gasteiger partial charge in [0.15, 0.2) is 17.9 Å². The molecular formula is C13H10O6. The fourth-order valence-corrected chi connectivity index (χ4v) is 2.34. The highest BCUT2D eigenvalue weighted by molar-refractivity contribution is 6.28. The van der Waals surface area contributed by atoms with Crippen molar-refractivity contribution in [2.24, 2.45) is 0 Å². The van der Waals surface area contributed by atoms with Crippen molar-refractivity contribution in [3.63, 3.8) is 0 Å². The maximum atomic E-state index is 12.3. The molecular weight excluding hydrogens is 252 g/mol. The molecule has 0 unspecified atom stereocenters. The van der Waals surface area contributed by atoms with Crippen molar-refractivity contribution >= 4 is 11.6 Å². The quantitative estimate of drug-likeness (QED) is 0.762. The summed E-state index contributed by atoms with van der Waals surface area (Å²) >= 11 is 0. The number of phenolic OH excluding ortho intramolecular Hbond substituents is 1. The number of phenols is 1. The number of benzene rings is 1. The molecule has 98 valence electrons. The smallest absolute Gasteiger partial charge is 0.196 e. The lowest BCUT2D eigenvalue weighted by atomic mass is 9.84. The van der Waals surface area contributed by atoms with Gasteiger partial charge in [0.2, 0.25) is 0 Å². The highest BCUT2D eigenvalue weighted by Gasteiger charge is 2.41. The van der Waals surface area contributed by atoms with E-state index < -0.39 is 17.9 Å². The average Bonchev–Trinajstić information content (AvgIpc) is 2.77. The number of carbonyl (C=O) groups excluding carboxylic acids is 2. The molecule has 0 saturated heterocycles. The summed E-state index contributed by atoms with van der Waals surface area (Å²) in [6.07, 6.45) is -1.40. The number of Topliss-reactive ketones (excluding diaryl/α,β-unsaturated/α-hetero) is 2. The van der Waals surface area contributed by atoms with Gasteiger partial charge >= 0.3 is 0 Å². The molecule has 2 N–H and O–H groups in total. The Kier molecular flexibility index (Phi) is 2.44. The fraction of sp³-hybridized carbons (Fsp3) is 0.231. The molecule has 1 aliphatic heterocycles. The van der Waals surface area contributed by atoms with E-state index in [1.165, 1.54) is 19.2 Å². The third-order valence-corrected chi connectivity index (χ3v) is 3.27. The zero-order chi connectivity index (χ0) is 13.7. The molecule has 0 saturated carbocycles. The predicted molar refractivity (Wildman–Crippen MR) is 62.3 cm³/mol. The predicted octanol–water partition coefficient (Wildman–Crippen LogP) is 0.425. The van der Waals surface area contributed by atoms with Crippen molar-refractivity contribution in [3.8, 4) is 11.5 Å². The van der Waals surface area contributed by atoms with Crippen LogP contribution in [0, 0.1) is 0 Å². The van der Waals surface area contributed by atoms with Gasteiger partial charge in [0.05, 0.1) is 24.9 Å². The van der Waals surface area contributed by atoms with E-state index in [2.05, 4.69) is 0 Å². The Morgan fingerprint density at radius 1 is 1.32 bits per heavy atom. The molecule has 6 nitrogen and oxygen atoms in total. The van der Waals surface area contributed by atoms with Crippen molar-refractivity contribution in [3.05, 3.63) is 34.4 Å². The Labute approximate surface area is 107 Å². The van der Waals surface area contributed by atoms with E-state index in [1.54, 1.807) is 0 Å². The van der Waals surface area contributed by atoms with E-state index in [0.29, 0.717) is 0 Å². The molecule has 19 heavy (non-hydrogen) atoms. The van der Waals surface area contributed by atoms with E-state index >= 15 is 0 Å². The van der Waals surface area contributed by atoms with Crippen LogP contribution in [0.3, 0.4) is 0 Å². The van der Waals surface area contributed by atoms with Gasteiger partial charge in [0, 0.05) is 17.2 Å². The van der Waals surface area contributed by atoms with Crippen LogP contribution in [-0.4, -0.2) is 41.8 Å². The van der Waals surface area contributed by atoms with Gasteiger partial charge in [-0.05, 0) is 6.07 Å². The molecule has 2 aliphatic rings. The molecule has 0 amide bonds. The molecule has 0 fully saturated rings. The summed E-state index contributed by atoms with van der Waals surface area (Å²) in [4.78, 5) is 24.5. The zero-order valence-corrected chi connectivity index (χ0v) is 9.97. The summed E-state index contributed by atoms with van der Waals surface area (Å²) in [6, 6.07) is 2.63. The van der Waals surface area contributed by atoms with Crippen LogP contribution >= 0.6 is 0 Å². The van der Waals surface area contributed by atoms with E-state index in [4.69, 9.17) is 9.47 Å². The summed E-state index contributed by atoms with van der Waals surface area (Å²) in [7, 11) is 1.38. The zero-order valence-electron chi connectivity index (χ0n) is 9.97. The van der Waals surface area contributed by atoms with Gasteiger partial charge in [-0.2, -0.15) is 0 Å². The number of aliphatic hydroxyl groups excluding tert-OH is 1. The summed E-state index contributed by atoms with van der Waals surface area (Å²) < 4.78 is 9.84. The average molecular weight is 262 g/mol. The minimum absolute atomic E-state index is 0.0187. The number of aliphatic hydroxyl groups is 1. The Bertz CT molecular complexity index is 643. The van der Waals surface area contributed by atoms with Crippen LogP contribution in [0.2, 0.25) is 0 Å². The number of ether oxygens (including phenoxy) is 2. The molecule has 0 spiro atoms. The number of hydrogen-bond donors (Lipinski definition) is 2. The van der Waals surface area contributed by atoms with Gasteiger partial charge in [-0.15, -0.1) is 0 Å². The number of methoxy groups -OCH3 is 1. The van der Waals surface area contributed by atoms with Crippen LogP contribution in [0.15, 0.2) is 23.3 Å². The standard InChI is InChI=1S/C13H10O6/c1-18-5-2-6-9(8(14)3-5)12(16)7-4-19-13(17)10(7)11(6)15/h2-3,13-14,17H,4H2,1H3/t13-/m0/s1. The molecule has 1 aromatic rings. The highest BCUT2D eigenvalue weighted by atomic mass is 16.6. The largest absolute Gasteiger partial charge is 0.507 e. The second-order valence-corrected chi connectivity index (χ2v) is 4.28. The first-order valence-electron chi connectivity index (χ1n) is 5.57. The molecule has 6 heteroatoms. The number of aromatic hydroxyl groups is 1. The molecule has 0 bridgehead atoms. The second kappa shape index (κ2) is 3.91. The fourth-order valence-electron chi connectivity index (χ4n) is 2.34. The summed E-state index contributed by atoms with van der Waals surface area (Å²) in [6.45, 7) is -0.133. The third-order valence-electron chi connectivity index (χ3n) is 3.27. The van der Waals surface area contributed by atoms with E-state index in [-0.39, 0.29) is 40.4 Å². The molecule has 1 aliphatic carbocycles. The summed E-state index contributed by atoms with van der Waals surface area (Å²) in [5.41, 5.74) is 0.00280. The Morgan fingerprint density at radius 3 is 2.74 bits per heavy atom. The maximum Gasteiger partial charge on any atom is 0.196 e. The molecule has 1 atom stereocenters. The van der Waals surface area contributed by atoms with Crippen LogP contribution in [0.5, 0.6) is 11.5 Å². The van der Waals surface area contributed by atoms with Gasteiger partial charge in [-0.25, -0.2) is 0 Å². The van der Waals surface area contributed by atoms with Crippen molar-refractivity contribution in [2.75, 3.05) is 13.7 Å². The number of fused-ring (bicyclic) bond motifs is 1. The van der Waals surface area contributed by atoms with Crippen molar-refractivity contribution < 1.29 is 29.3 Å². The second-order valence-electron chi connectivity index (χ2n) is 4.28. The van der Waals surface area contributed by atoms with E-state index in [0.717, 1.165) is 0 Å². The first-order chi connectivity index (χ1) is 9.04. The Hall–Kier alpha value is -2.18. The minimum Gasteiger partial charge on any atom is -0.507 e. The lowest BCUT2D eigenvalue weighted by Gasteiger charge is -2.18. The summed E-state index contributed by atoms with van der Waals surface area (Å²) in [5.74, 6) is -1.08. The SMILES string of the molecule is COc1cc(O)c2c(c1)C(=O)C1=C(CO[C@@H]1O)C2=O. The third kappa shape index (κ3) is 1.50. The van der Waals surface area contributed by atoms with Crippen LogP contribution < -0.4 is 4.74 Å². The first kappa shape index (κ1) is 11.9. The van der Waals surface area contributed by atoms with E-state index in [9.17, 15) is 19.8 Å². The number of rotatable bonds is 1. The molecule has 1 aromatic carbocycles. The van der Waals surface area contributed by atoms with Gasteiger partial charge in [-0.3, -0.25) is 9.59 Å². The Balaban J connectivity index is 2.26. The maximum absolute atomic E-state index is 12.3. The summed E-state index contributed by atoms with van der Waals surface area (Å²) in [5, 5.41) is 19.5. The topological polar surface area (TPSA) is 93.1 Å². The molecule has 0 aromatic heterocycles. The number of ketones is 2. The Morgan fingerprint density at radius 2 is 2.05 bits per heavy atom. The molecule has 3 rings (SSSR count). The lowest BCUT2D eigenvalue weighted by molar-refractivity contribution is -0.0447. The lowest BCUT2D eigenvalue weighted by Crippen LogP contribution is -2.24. The van der Waals surface area contributed by atoms with Crippen molar-refractivity contribution in [2.45, 2.75) is 6.29 Å². The number of carbonyl (C=O) groups is 2. The normalized spacial score (nSPS) is 21.5. The van der Waals surface area contributed by atoms with Gasteiger partial charge < -0.3 is 19.7 Å². The van der Waals surface area contributed by atoms with Gasteiger partial charge in [0.25, 0.3) is 0 Å². The van der Waals surface area contributed by atoms with Crippen LogP contribution in [0.1, 0.15) is 20.7 Å². The van der Waals surface area contributed by atoms with Crippen molar-refractivity contribution in [1.82, 2.24) is 0 Å². The molecule has 0 radical (unpaired) electrons. The van der Waals surface area contributed by atoms with Gasteiger partial charge in [0.1, 0.15) is 11.5 Å². The van der Waals surface area contributed by atoms with Crippen LogP contribution in [0.25, 0.3) is 0 Å². The first-order valence-corrected chi connectivity index (χ1v) is 5.57. The van der Waals surface area contributed by atoms with Crippen LogP contribution in [0.4, 0.5) is 0 Å².